The Balaban J connectivity index is 1.19. The second-order valence-corrected chi connectivity index (χ2v) is 12.6. The average Bonchev–Trinajstić information content (AvgIpc) is 3.30. The molecule has 0 unspecified atom stereocenters. The summed E-state index contributed by atoms with van der Waals surface area (Å²) in [6.45, 7) is 2.58. The fourth-order valence-electron chi connectivity index (χ4n) is 5.95. The largest absolute Gasteiger partial charge is 0.388 e. The van der Waals surface area contributed by atoms with E-state index in [-0.39, 0.29) is 22.9 Å². The van der Waals surface area contributed by atoms with Crippen molar-refractivity contribution >= 4 is 27.7 Å². The lowest BCUT2D eigenvalue weighted by Crippen LogP contribution is -2.50. The fourth-order valence-corrected chi connectivity index (χ4v) is 7.40. The molecular weight excluding hydrogens is 470 g/mol. The number of hydrogen-bond donors (Lipinski definition) is 2. The van der Waals surface area contributed by atoms with Gasteiger partial charge in [-0.15, -0.1) is 0 Å². The number of carbonyl (C=O) groups excluding carboxylic acids is 1. The summed E-state index contributed by atoms with van der Waals surface area (Å²) in [5.74, 6) is 1.10. The molecule has 2 atom stereocenters. The Labute approximate surface area is 204 Å². The Hall–Kier alpha value is -2.57. The summed E-state index contributed by atoms with van der Waals surface area (Å²) in [6, 6.07) is -0.263. The van der Waals surface area contributed by atoms with E-state index in [1.54, 1.807) is 18.1 Å². The molecule has 188 valence electrons. The molecule has 6 rings (SSSR count). The first-order chi connectivity index (χ1) is 16.6. The zero-order valence-corrected chi connectivity index (χ0v) is 20.8. The predicted molar refractivity (Wildman–Crippen MR) is 127 cm³/mol. The van der Waals surface area contributed by atoms with Gasteiger partial charge in [0.05, 0.1) is 23.3 Å². The normalized spacial score (nSPS) is 28.6. The van der Waals surface area contributed by atoms with Crippen molar-refractivity contribution in [2.24, 2.45) is 7.05 Å². The lowest BCUT2D eigenvalue weighted by Gasteiger charge is -2.34. The van der Waals surface area contributed by atoms with Crippen LogP contribution >= 0.6 is 0 Å². The number of carbonyl (C=O) groups is 1. The number of hydrogen-bond acceptors (Lipinski definition) is 8. The molecule has 2 aromatic rings. The Kier molecular flexibility index (Phi) is 5.04. The van der Waals surface area contributed by atoms with Gasteiger partial charge in [-0.3, -0.25) is 14.4 Å². The number of amides is 1. The topological polar surface area (TPSA) is 134 Å². The second-order valence-electron chi connectivity index (χ2n) is 10.6. The zero-order chi connectivity index (χ0) is 24.6. The van der Waals surface area contributed by atoms with Crippen molar-refractivity contribution in [1.82, 2.24) is 24.1 Å². The van der Waals surface area contributed by atoms with Gasteiger partial charge in [0.25, 0.3) is 0 Å². The number of aliphatic hydroxyl groups is 1. The molecule has 0 radical (unpaired) electrons. The average molecular weight is 502 g/mol. The molecule has 0 aromatic carbocycles. The number of aromatic nitrogens is 4. The van der Waals surface area contributed by atoms with Gasteiger partial charge in [0.15, 0.2) is 0 Å². The molecule has 2 saturated carbocycles. The summed E-state index contributed by atoms with van der Waals surface area (Å²) < 4.78 is 28.7. The summed E-state index contributed by atoms with van der Waals surface area (Å²) in [5.41, 5.74) is -0.579. The van der Waals surface area contributed by atoms with Gasteiger partial charge in [0.2, 0.25) is 21.9 Å². The van der Waals surface area contributed by atoms with Crippen molar-refractivity contribution in [3.63, 3.8) is 0 Å². The maximum atomic E-state index is 13.4. The maximum Gasteiger partial charge on any atom is 0.246 e. The third-order valence-electron chi connectivity index (χ3n) is 8.19. The van der Waals surface area contributed by atoms with E-state index in [2.05, 4.69) is 15.4 Å². The summed E-state index contributed by atoms with van der Waals surface area (Å²) in [4.78, 5) is 24.7. The fraction of sp³-hybridized carbons (Fsp3) is 0.652. The number of fused-ring (bicyclic) bond motifs is 2. The lowest BCUT2D eigenvalue weighted by atomic mass is 9.98. The number of rotatable bonds is 5. The van der Waals surface area contributed by atoms with Crippen LogP contribution < -0.4 is 10.2 Å². The first kappa shape index (κ1) is 22.9. The van der Waals surface area contributed by atoms with Crippen molar-refractivity contribution in [2.45, 2.75) is 79.9 Å². The number of sulfonamides is 1. The van der Waals surface area contributed by atoms with Crippen molar-refractivity contribution in [3.8, 4) is 0 Å². The van der Waals surface area contributed by atoms with Crippen LogP contribution in [0.4, 0.5) is 11.8 Å². The molecule has 1 spiro atoms. The van der Waals surface area contributed by atoms with Crippen LogP contribution in [0.3, 0.4) is 0 Å². The Morgan fingerprint density at radius 1 is 1.14 bits per heavy atom. The van der Waals surface area contributed by atoms with Crippen LogP contribution in [0.25, 0.3) is 0 Å². The van der Waals surface area contributed by atoms with Crippen molar-refractivity contribution in [3.05, 3.63) is 24.2 Å². The van der Waals surface area contributed by atoms with Gasteiger partial charge >= 0.3 is 0 Å². The van der Waals surface area contributed by atoms with Gasteiger partial charge < -0.3 is 10.4 Å². The van der Waals surface area contributed by atoms with Crippen molar-refractivity contribution in [1.29, 1.82) is 0 Å². The molecule has 3 fully saturated rings. The number of aryl methyl sites for hydroxylation is 1. The van der Waals surface area contributed by atoms with E-state index >= 15 is 0 Å². The van der Waals surface area contributed by atoms with Crippen LogP contribution in [0.5, 0.6) is 0 Å². The van der Waals surface area contributed by atoms with E-state index in [9.17, 15) is 18.3 Å². The molecule has 2 aliphatic carbocycles. The quantitative estimate of drug-likeness (QED) is 0.623. The highest BCUT2D eigenvalue weighted by Gasteiger charge is 2.63. The highest BCUT2D eigenvalue weighted by molar-refractivity contribution is 7.89. The van der Waals surface area contributed by atoms with Crippen molar-refractivity contribution in [2.75, 3.05) is 23.3 Å². The number of nitrogens with zero attached hydrogens (tertiary/aromatic N) is 6. The summed E-state index contributed by atoms with van der Waals surface area (Å²) >= 11 is 0. The Morgan fingerprint density at radius 3 is 2.49 bits per heavy atom. The molecule has 2 aromatic heterocycles. The molecular formula is C23H31N7O4S. The summed E-state index contributed by atoms with van der Waals surface area (Å²) in [7, 11) is -1.87. The van der Waals surface area contributed by atoms with E-state index in [1.807, 2.05) is 6.92 Å². The summed E-state index contributed by atoms with van der Waals surface area (Å²) in [5, 5.41) is 18.3. The van der Waals surface area contributed by atoms with Crippen LogP contribution in [-0.4, -0.2) is 74.3 Å². The third kappa shape index (κ3) is 3.56. The highest BCUT2D eigenvalue weighted by Crippen LogP contribution is 2.58. The molecule has 0 bridgehead atoms. The first-order valence-corrected chi connectivity index (χ1v) is 13.7. The van der Waals surface area contributed by atoms with Gasteiger partial charge in [-0.1, -0.05) is 0 Å². The van der Waals surface area contributed by atoms with E-state index < -0.39 is 21.0 Å². The summed E-state index contributed by atoms with van der Waals surface area (Å²) in [6.07, 6.45) is 9.77. The second kappa shape index (κ2) is 7.71. The zero-order valence-electron chi connectivity index (χ0n) is 20.0. The number of anilines is 2. The van der Waals surface area contributed by atoms with Crippen LogP contribution in [0.2, 0.25) is 0 Å². The molecule has 12 heteroatoms. The Morgan fingerprint density at radius 2 is 1.89 bits per heavy atom. The van der Waals surface area contributed by atoms with E-state index in [0.717, 1.165) is 31.2 Å². The van der Waals surface area contributed by atoms with Gasteiger partial charge in [0, 0.05) is 44.1 Å². The van der Waals surface area contributed by atoms with Gasteiger partial charge in [-0.2, -0.15) is 14.4 Å². The van der Waals surface area contributed by atoms with E-state index in [0.29, 0.717) is 44.1 Å². The standard InChI is InChI=1S/C23H31N7O4S/c1-22(32)7-3-4-18(22)30-19-17(23(8-9-23)20(30)31)13-24-21(27-19)26-15-5-10-29(11-6-15)35(33,34)16-12-25-28(2)14-16/h12-15,18,32H,3-11H2,1-2H3,(H,24,26,27)/t18-,22-/m1/s1. The smallest absolute Gasteiger partial charge is 0.246 e. The van der Waals surface area contributed by atoms with Crippen LogP contribution in [0.1, 0.15) is 57.4 Å². The van der Waals surface area contributed by atoms with Crippen LogP contribution in [0.15, 0.2) is 23.5 Å². The molecule has 35 heavy (non-hydrogen) atoms. The minimum absolute atomic E-state index is 0.0171. The monoisotopic (exact) mass is 501 g/mol. The molecule has 11 nitrogen and oxygen atoms in total. The van der Waals surface area contributed by atoms with Gasteiger partial charge in [-0.25, -0.2) is 13.4 Å². The first-order valence-electron chi connectivity index (χ1n) is 12.3. The Bertz CT molecular complexity index is 1280. The van der Waals surface area contributed by atoms with Gasteiger partial charge in [0.1, 0.15) is 10.7 Å². The predicted octanol–water partition coefficient (Wildman–Crippen LogP) is 1.16. The lowest BCUT2D eigenvalue weighted by molar-refractivity contribution is -0.121. The highest BCUT2D eigenvalue weighted by atomic mass is 32.2. The minimum atomic E-state index is -3.56. The van der Waals surface area contributed by atoms with Crippen LogP contribution in [0, 0.1) is 0 Å². The molecule has 1 amide bonds. The van der Waals surface area contributed by atoms with Crippen molar-refractivity contribution < 1.29 is 18.3 Å². The van der Waals surface area contributed by atoms with Crippen LogP contribution in [-0.2, 0) is 27.3 Å². The molecule has 1 saturated heterocycles. The number of nitrogens with one attached hydrogen (secondary N) is 1. The molecule has 4 aliphatic rings. The SMILES string of the molecule is Cn1cc(S(=O)(=O)N2CCC(Nc3ncc4c(n3)N([C@@H]3CCC[C@@]3(C)O)C(=O)C43CC3)CC2)cn1. The minimum Gasteiger partial charge on any atom is -0.388 e. The van der Waals surface area contributed by atoms with E-state index in [1.165, 1.54) is 21.4 Å². The number of piperidine rings is 1. The molecule has 2 aliphatic heterocycles. The molecule has 4 heterocycles. The van der Waals surface area contributed by atoms with Gasteiger partial charge in [-0.05, 0) is 51.9 Å². The third-order valence-corrected chi connectivity index (χ3v) is 10.0. The maximum absolute atomic E-state index is 13.4. The molecule has 2 N–H and O–H groups in total. The van der Waals surface area contributed by atoms with E-state index in [4.69, 9.17) is 4.98 Å².